The van der Waals surface area contributed by atoms with E-state index < -0.39 is 21.4 Å². The fraction of sp³-hybridized carbons (Fsp3) is 0.333. The lowest BCUT2D eigenvalue weighted by Gasteiger charge is -2.29. The second kappa shape index (κ2) is 7.51. The van der Waals surface area contributed by atoms with Crippen molar-refractivity contribution in [3.8, 4) is 5.75 Å². The molecule has 0 amide bonds. The predicted molar refractivity (Wildman–Crippen MR) is 93.7 cm³/mol. The quantitative estimate of drug-likeness (QED) is 0.817. The molecule has 5 nitrogen and oxygen atoms in total. The Balaban J connectivity index is 2.27. The van der Waals surface area contributed by atoms with Crippen LogP contribution in [-0.2, 0) is 20.4 Å². The molecular weight excluding hydrogens is 345 g/mol. The number of rotatable bonds is 7. The van der Waals surface area contributed by atoms with E-state index in [9.17, 15) is 12.8 Å². The third-order valence-electron chi connectivity index (χ3n) is 4.17. The highest BCUT2D eigenvalue weighted by Crippen LogP contribution is 2.27. The van der Waals surface area contributed by atoms with E-state index in [4.69, 9.17) is 9.47 Å². The first-order chi connectivity index (χ1) is 11.7. The van der Waals surface area contributed by atoms with Crippen molar-refractivity contribution >= 4 is 10.0 Å². The average Bonchev–Trinajstić information content (AvgIpc) is 2.59. The Hall–Kier alpha value is -1.96. The van der Waals surface area contributed by atoms with E-state index in [0.717, 1.165) is 0 Å². The van der Waals surface area contributed by atoms with Crippen molar-refractivity contribution in [2.45, 2.75) is 24.3 Å². The summed E-state index contributed by atoms with van der Waals surface area (Å²) < 4.78 is 52.4. The molecule has 136 valence electrons. The van der Waals surface area contributed by atoms with Gasteiger partial charge < -0.3 is 9.47 Å². The van der Waals surface area contributed by atoms with Crippen molar-refractivity contribution in [2.24, 2.45) is 0 Å². The third kappa shape index (κ3) is 4.18. The van der Waals surface area contributed by atoms with Crippen LogP contribution in [0.1, 0.15) is 18.1 Å². The van der Waals surface area contributed by atoms with Crippen molar-refractivity contribution in [1.29, 1.82) is 0 Å². The summed E-state index contributed by atoms with van der Waals surface area (Å²) in [6, 6.07) is 10.8. The molecule has 0 heterocycles. The highest BCUT2D eigenvalue weighted by Gasteiger charge is 2.31. The summed E-state index contributed by atoms with van der Waals surface area (Å²) in [6.45, 7) is 3.20. The summed E-state index contributed by atoms with van der Waals surface area (Å²) in [7, 11) is -0.859. The molecule has 1 atom stereocenters. The average molecular weight is 367 g/mol. The Morgan fingerprint density at radius 1 is 1.16 bits per heavy atom. The molecule has 0 spiro atoms. The summed E-state index contributed by atoms with van der Waals surface area (Å²) in [4.78, 5) is 0.139. The summed E-state index contributed by atoms with van der Waals surface area (Å²) >= 11 is 0. The van der Waals surface area contributed by atoms with Crippen molar-refractivity contribution in [2.75, 3.05) is 20.8 Å². The summed E-state index contributed by atoms with van der Waals surface area (Å²) in [5.41, 5.74) is -0.304. The van der Waals surface area contributed by atoms with Crippen molar-refractivity contribution in [3.05, 3.63) is 59.4 Å². The fourth-order valence-electron chi connectivity index (χ4n) is 2.53. The Morgan fingerprint density at radius 2 is 1.84 bits per heavy atom. The number of hydrogen-bond acceptors (Lipinski definition) is 4. The van der Waals surface area contributed by atoms with Crippen LogP contribution in [0.25, 0.3) is 0 Å². The van der Waals surface area contributed by atoms with Gasteiger partial charge in [-0.1, -0.05) is 18.2 Å². The van der Waals surface area contributed by atoms with E-state index >= 15 is 0 Å². The van der Waals surface area contributed by atoms with Gasteiger partial charge in [-0.05, 0) is 43.7 Å². The minimum Gasteiger partial charge on any atom is -0.497 e. The summed E-state index contributed by atoms with van der Waals surface area (Å²) in [6.07, 6.45) is 0. The van der Waals surface area contributed by atoms with Crippen molar-refractivity contribution in [3.63, 3.8) is 0 Å². The van der Waals surface area contributed by atoms with Crippen LogP contribution in [0.2, 0.25) is 0 Å². The van der Waals surface area contributed by atoms with Crippen LogP contribution in [0.4, 0.5) is 4.39 Å². The first-order valence-corrected chi connectivity index (χ1v) is 9.16. The van der Waals surface area contributed by atoms with Crippen molar-refractivity contribution in [1.82, 2.24) is 4.72 Å². The van der Waals surface area contributed by atoms with Crippen molar-refractivity contribution < 1.29 is 22.3 Å². The molecule has 0 aliphatic rings. The molecule has 2 rings (SSSR count). The first-order valence-electron chi connectivity index (χ1n) is 7.68. The number of methoxy groups -OCH3 is 2. The molecule has 2 aromatic carbocycles. The lowest BCUT2D eigenvalue weighted by atomic mass is 9.95. The number of hydrogen-bond donors (Lipinski definition) is 1. The number of nitrogens with one attached hydrogen (secondary N) is 1. The van der Waals surface area contributed by atoms with Crippen LogP contribution in [0.5, 0.6) is 5.75 Å². The molecule has 0 aliphatic heterocycles. The standard InChI is InChI=1S/C18H22FNO4S/c1-13-11-14(23-3)9-10-17(13)25(21,22)20-12-18(2,24-4)15-7-5-6-8-16(15)19/h5-11,20H,12H2,1-4H3/t18-/m0/s1. The number of benzene rings is 2. The minimum absolute atomic E-state index is 0.113. The summed E-state index contributed by atoms with van der Waals surface area (Å²) in [5.74, 6) is 0.121. The van der Waals surface area contributed by atoms with Gasteiger partial charge in [0.2, 0.25) is 10.0 Å². The van der Waals surface area contributed by atoms with Gasteiger partial charge in [-0.2, -0.15) is 0 Å². The van der Waals surface area contributed by atoms with E-state index in [1.165, 1.54) is 26.4 Å². The van der Waals surface area contributed by atoms with Gasteiger partial charge in [-0.15, -0.1) is 0 Å². The van der Waals surface area contributed by atoms with Gasteiger partial charge >= 0.3 is 0 Å². The number of aryl methyl sites for hydroxylation is 1. The molecule has 0 fully saturated rings. The Morgan fingerprint density at radius 3 is 2.40 bits per heavy atom. The van der Waals surface area contributed by atoms with Crippen LogP contribution in [-0.4, -0.2) is 29.2 Å². The van der Waals surface area contributed by atoms with E-state index in [1.807, 2.05) is 0 Å². The molecule has 0 aliphatic carbocycles. The van der Waals surface area contributed by atoms with Crippen LogP contribution in [0.15, 0.2) is 47.4 Å². The van der Waals surface area contributed by atoms with E-state index in [2.05, 4.69) is 4.72 Å². The van der Waals surface area contributed by atoms with E-state index in [-0.39, 0.29) is 17.0 Å². The largest absolute Gasteiger partial charge is 0.497 e. The number of ether oxygens (including phenoxy) is 2. The molecule has 7 heteroatoms. The predicted octanol–water partition coefficient (Wildman–Crippen LogP) is 2.98. The zero-order valence-electron chi connectivity index (χ0n) is 14.7. The van der Waals surface area contributed by atoms with E-state index in [0.29, 0.717) is 11.3 Å². The van der Waals surface area contributed by atoms with Gasteiger partial charge in [0.1, 0.15) is 17.2 Å². The Kier molecular flexibility index (Phi) is 5.82. The molecule has 0 radical (unpaired) electrons. The normalized spacial score (nSPS) is 14.1. The monoisotopic (exact) mass is 367 g/mol. The zero-order chi connectivity index (χ0) is 18.7. The molecular formula is C18H22FNO4S. The van der Waals surface area contributed by atoms with Crippen LogP contribution >= 0.6 is 0 Å². The van der Waals surface area contributed by atoms with Gasteiger partial charge in [0.05, 0.1) is 12.0 Å². The number of sulfonamides is 1. The van der Waals surface area contributed by atoms with Gasteiger partial charge in [0.25, 0.3) is 0 Å². The Bertz CT molecular complexity index is 854. The van der Waals surface area contributed by atoms with Crippen LogP contribution in [0, 0.1) is 12.7 Å². The molecule has 0 unspecified atom stereocenters. The lowest BCUT2D eigenvalue weighted by Crippen LogP contribution is -2.40. The van der Waals surface area contributed by atoms with Gasteiger partial charge in [0.15, 0.2) is 0 Å². The molecule has 0 bridgehead atoms. The Labute approximate surface area is 147 Å². The smallest absolute Gasteiger partial charge is 0.240 e. The minimum atomic E-state index is -3.79. The second-order valence-electron chi connectivity index (χ2n) is 5.87. The molecule has 25 heavy (non-hydrogen) atoms. The van der Waals surface area contributed by atoms with Gasteiger partial charge in [-0.25, -0.2) is 17.5 Å². The molecule has 1 N–H and O–H groups in total. The topological polar surface area (TPSA) is 64.6 Å². The molecule has 0 aromatic heterocycles. The van der Waals surface area contributed by atoms with E-state index in [1.54, 1.807) is 44.2 Å². The lowest BCUT2D eigenvalue weighted by molar-refractivity contribution is 0.00410. The summed E-state index contributed by atoms with van der Waals surface area (Å²) in [5, 5.41) is 0. The number of halogens is 1. The molecule has 2 aromatic rings. The van der Waals surface area contributed by atoms with Gasteiger partial charge in [0, 0.05) is 19.2 Å². The van der Waals surface area contributed by atoms with Crippen LogP contribution in [0.3, 0.4) is 0 Å². The fourth-order valence-corrected chi connectivity index (χ4v) is 3.88. The zero-order valence-corrected chi connectivity index (χ0v) is 15.5. The second-order valence-corrected chi connectivity index (χ2v) is 7.61. The maximum Gasteiger partial charge on any atom is 0.240 e. The SMILES string of the molecule is COc1ccc(S(=O)(=O)NC[C@](C)(OC)c2ccccc2F)c(C)c1. The molecule has 0 saturated carbocycles. The molecule has 0 saturated heterocycles. The van der Waals surface area contributed by atoms with Crippen LogP contribution < -0.4 is 9.46 Å². The van der Waals surface area contributed by atoms with Gasteiger partial charge in [-0.3, -0.25) is 0 Å². The highest BCUT2D eigenvalue weighted by atomic mass is 32.2. The highest BCUT2D eigenvalue weighted by molar-refractivity contribution is 7.89. The first kappa shape index (κ1) is 19.4. The maximum absolute atomic E-state index is 14.1. The maximum atomic E-state index is 14.1. The third-order valence-corrected chi connectivity index (χ3v) is 5.73.